The van der Waals surface area contributed by atoms with E-state index < -0.39 is 0 Å². The summed E-state index contributed by atoms with van der Waals surface area (Å²) in [5, 5.41) is 17.6. The third-order valence-electron chi connectivity index (χ3n) is 3.64. The molecule has 0 aliphatic carbocycles. The molecule has 0 bridgehead atoms. The molecule has 21 heavy (non-hydrogen) atoms. The number of aliphatic hydroxyl groups is 1. The molecule has 1 aromatic heterocycles. The van der Waals surface area contributed by atoms with Gasteiger partial charge in [-0.1, -0.05) is 28.9 Å². The lowest BCUT2D eigenvalue weighted by Gasteiger charge is -2.13. The van der Waals surface area contributed by atoms with Gasteiger partial charge in [0.15, 0.2) is 5.69 Å². The SMILES string of the molecule is O=C(c1cn(-c2ccccc2Cl)nn1)N1CCC(CO)C1. The molecule has 1 unspecified atom stereocenters. The van der Waals surface area contributed by atoms with Crippen molar-refractivity contribution in [3.63, 3.8) is 0 Å². The number of aromatic nitrogens is 3. The third-order valence-corrected chi connectivity index (χ3v) is 3.96. The Balaban J connectivity index is 1.79. The number of halogens is 1. The van der Waals surface area contributed by atoms with Gasteiger partial charge < -0.3 is 10.0 Å². The van der Waals surface area contributed by atoms with Gasteiger partial charge in [0.2, 0.25) is 0 Å². The second kappa shape index (κ2) is 5.83. The van der Waals surface area contributed by atoms with Crippen molar-refractivity contribution in [1.82, 2.24) is 19.9 Å². The fourth-order valence-corrected chi connectivity index (χ4v) is 2.67. The molecule has 7 heteroatoms. The Morgan fingerprint density at radius 2 is 2.24 bits per heavy atom. The van der Waals surface area contributed by atoms with Crippen LogP contribution < -0.4 is 0 Å². The number of benzene rings is 1. The summed E-state index contributed by atoms with van der Waals surface area (Å²) in [7, 11) is 0. The molecule has 1 N–H and O–H groups in total. The Bertz CT molecular complexity index is 658. The molecule has 1 aliphatic rings. The zero-order valence-corrected chi connectivity index (χ0v) is 12.1. The Kier molecular flexibility index (Phi) is 3.90. The van der Waals surface area contributed by atoms with Crippen LogP contribution in [0, 0.1) is 5.92 Å². The fraction of sp³-hybridized carbons (Fsp3) is 0.357. The van der Waals surface area contributed by atoms with Crippen LogP contribution in [0.5, 0.6) is 0 Å². The maximum absolute atomic E-state index is 12.3. The standard InChI is InChI=1S/C14H15ClN4O2/c15-11-3-1-2-4-13(11)19-8-12(16-17-19)14(21)18-6-5-10(7-18)9-20/h1-4,8,10,20H,5-7,9H2. The zero-order valence-electron chi connectivity index (χ0n) is 11.3. The first-order valence-electron chi connectivity index (χ1n) is 6.76. The molecule has 1 fully saturated rings. The average molecular weight is 307 g/mol. The van der Waals surface area contributed by atoms with E-state index in [2.05, 4.69) is 10.3 Å². The number of rotatable bonds is 3. The van der Waals surface area contributed by atoms with E-state index in [0.29, 0.717) is 23.8 Å². The third kappa shape index (κ3) is 2.77. The Labute approximate surface area is 126 Å². The van der Waals surface area contributed by atoms with Crippen LogP contribution in [0.2, 0.25) is 5.02 Å². The van der Waals surface area contributed by atoms with Crippen LogP contribution in [0.3, 0.4) is 0 Å². The minimum Gasteiger partial charge on any atom is -0.396 e. The highest BCUT2D eigenvalue weighted by molar-refractivity contribution is 6.32. The summed E-state index contributed by atoms with van der Waals surface area (Å²) in [6.45, 7) is 1.31. The van der Waals surface area contributed by atoms with Gasteiger partial charge in [0.05, 0.1) is 16.9 Å². The Morgan fingerprint density at radius 1 is 1.43 bits per heavy atom. The number of carbonyl (C=O) groups excluding carboxylic acids is 1. The quantitative estimate of drug-likeness (QED) is 0.930. The Hall–Kier alpha value is -1.92. The number of hydrogen-bond donors (Lipinski definition) is 1. The lowest BCUT2D eigenvalue weighted by atomic mass is 10.1. The number of likely N-dealkylation sites (tertiary alicyclic amines) is 1. The highest BCUT2D eigenvalue weighted by Gasteiger charge is 2.28. The van der Waals surface area contributed by atoms with Crippen molar-refractivity contribution in [2.75, 3.05) is 19.7 Å². The molecule has 0 spiro atoms. The highest BCUT2D eigenvalue weighted by Crippen LogP contribution is 2.20. The van der Waals surface area contributed by atoms with Gasteiger partial charge in [-0.3, -0.25) is 4.79 Å². The summed E-state index contributed by atoms with van der Waals surface area (Å²) in [5.74, 6) is -0.00295. The monoisotopic (exact) mass is 306 g/mol. The van der Waals surface area contributed by atoms with Gasteiger partial charge in [-0.25, -0.2) is 4.68 Å². The van der Waals surface area contributed by atoms with Gasteiger partial charge in [-0.15, -0.1) is 5.10 Å². The molecule has 1 saturated heterocycles. The van der Waals surface area contributed by atoms with E-state index in [9.17, 15) is 4.79 Å². The molecular weight excluding hydrogens is 292 g/mol. The predicted octanol–water partition coefficient (Wildman–Crippen LogP) is 1.38. The van der Waals surface area contributed by atoms with Crippen LogP contribution in [0.4, 0.5) is 0 Å². The smallest absolute Gasteiger partial charge is 0.276 e. The first kappa shape index (κ1) is 14.0. The largest absolute Gasteiger partial charge is 0.396 e. The van der Waals surface area contributed by atoms with Crippen LogP contribution in [-0.2, 0) is 0 Å². The van der Waals surface area contributed by atoms with Crippen LogP contribution in [0.1, 0.15) is 16.9 Å². The van der Waals surface area contributed by atoms with Crippen LogP contribution >= 0.6 is 11.6 Å². The van der Waals surface area contributed by atoms with Crippen LogP contribution in [0.25, 0.3) is 5.69 Å². The highest BCUT2D eigenvalue weighted by atomic mass is 35.5. The Morgan fingerprint density at radius 3 is 2.95 bits per heavy atom. The van der Waals surface area contributed by atoms with Gasteiger partial charge in [0.1, 0.15) is 0 Å². The van der Waals surface area contributed by atoms with E-state index in [4.69, 9.17) is 16.7 Å². The molecule has 0 radical (unpaired) electrons. The summed E-state index contributed by atoms with van der Waals surface area (Å²) in [6, 6.07) is 7.24. The van der Waals surface area contributed by atoms with Crippen molar-refractivity contribution in [2.45, 2.75) is 6.42 Å². The number of nitrogens with zero attached hydrogens (tertiary/aromatic N) is 4. The van der Waals surface area contributed by atoms with Crippen molar-refractivity contribution in [2.24, 2.45) is 5.92 Å². The molecule has 1 amide bonds. The van der Waals surface area contributed by atoms with Crippen molar-refractivity contribution in [1.29, 1.82) is 0 Å². The predicted molar refractivity (Wildman–Crippen MR) is 77.5 cm³/mol. The fourth-order valence-electron chi connectivity index (χ4n) is 2.45. The van der Waals surface area contributed by atoms with E-state index in [0.717, 1.165) is 6.42 Å². The number of para-hydroxylation sites is 1. The summed E-state index contributed by atoms with van der Waals surface area (Å²) in [4.78, 5) is 14.0. The maximum Gasteiger partial charge on any atom is 0.276 e. The molecule has 6 nitrogen and oxygen atoms in total. The second-order valence-corrected chi connectivity index (χ2v) is 5.50. The molecule has 1 aliphatic heterocycles. The molecule has 0 saturated carbocycles. The molecule has 2 heterocycles. The topological polar surface area (TPSA) is 71.2 Å². The zero-order chi connectivity index (χ0) is 14.8. The van der Waals surface area contributed by atoms with Crippen molar-refractivity contribution in [3.8, 4) is 5.69 Å². The maximum atomic E-state index is 12.3. The van der Waals surface area contributed by atoms with Crippen molar-refractivity contribution >= 4 is 17.5 Å². The number of aliphatic hydroxyl groups excluding tert-OH is 1. The van der Waals surface area contributed by atoms with E-state index in [1.165, 1.54) is 4.68 Å². The van der Waals surface area contributed by atoms with E-state index in [-0.39, 0.29) is 24.1 Å². The first-order chi connectivity index (χ1) is 10.2. The summed E-state index contributed by atoms with van der Waals surface area (Å²) < 4.78 is 1.50. The van der Waals surface area contributed by atoms with Crippen molar-refractivity contribution < 1.29 is 9.90 Å². The number of amides is 1. The first-order valence-corrected chi connectivity index (χ1v) is 7.14. The lowest BCUT2D eigenvalue weighted by Crippen LogP contribution is -2.29. The van der Waals surface area contributed by atoms with Gasteiger partial charge >= 0.3 is 0 Å². The number of hydrogen-bond acceptors (Lipinski definition) is 4. The van der Waals surface area contributed by atoms with Gasteiger partial charge in [0.25, 0.3) is 5.91 Å². The normalized spacial score (nSPS) is 18.2. The molecule has 1 atom stereocenters. The average Bonchev–Trinajstić information content (AvgIpc) is 3.16. The number of carbonyl (C=O) groups is 1. The summed E-state index contributed by atoms with van der Waals surface area (Å²) >= 11 is 6.10. The molecule has 3 rings (SSSR count). The van der Waals surface area contributed by atoms with Gasteiger partial charge in [-0.2, -0.15) is 0 Å². The van der Waals surface area contributed by atoms with Gasteiger partial charge in [0, 0.05) is 25.6 Å². The molecule has 1 aromatic carbocycles. The van der Waals surface area contributed by atoms with E-state index >= 15 is 0 Å². The lowest BCUT2D eigenvalue weighted by molar-refractivity contribution is 0.0776. The minimum absolute atomic E-state index is 0.107. The summed E-state index contributed by atoms with van der Waals surface area (Å²) in [5.41, 5.74) is 0.967. The minimum atomic E-state index is -0.163. The molecular formula is C14H15ClN4O2. The van der Waals surface area contributed by atoms with E-state index in [1.807, 2.05) is 18.2 Å². The molecule has 2 aromatic rings. The van der Waals surface area contributed by atoms with Crippen LogP contribution in [0.15, 0.2) is 30.5 Å². The van der Waals surface area contributed by atoms with Crippen molar-refractivity contribution in [3.05, 3.63) is 41.2 Å². The molecule has 110 valence electrons. The van der Waals surface area contributed by atoms with Crippen LogP contribution in [-0.4, -0.2) is 50.6 Å². The van der Waals surface area contributed by atoms with Gasteiger partial charge in [-0.05, 0) is 18.6 Å². The second-order valence-electron chi connectivity index (χ2n) is 5.09. The summed E-state index contributed by atoms with van der Waals surface area (Å²) in [6.07, 6.45) is 2.40. The van der Waals surface area contributed by atoms with E-state index in [1.54, 1.807) is 17.2 Å².